The van der Waals surface area contributed by atoms with E-state index in [1.54, 1.807) is 37.5 Å². The lowest BCUT2D eigenvalue weighted by Crippen LogP contribution is -2.18. The molecule has 2 heterocycles. The van der Waals surface area contributed by atoms with Gasteiger partial charge in [-0.1, -0.05) is 17.4 Å². The van der Waals surface area contributed by atoms with Gasteiger partial charge in [-0.25, -0.2) is 4.79 Å². The number of carbonyl (C=O) groups excluding carboxylic acids is 2. The zero-order chi connectivity index (χ0) is 21.8. The van der Waals surface area contributed by atoms with Crippen molar-refractivity contribution in [3.05, 3.63) is 58.4 Å². The molecule has 9 heteroatoms. The van der Waals surface area contributed by atoms with Crippen molar-refractivity contribution in [2.45, 2.75) is 6.54 Å². The zero-order valence-electron chi connectivity index (χ0n) is 17.0. The maximum Gasteiger partial charge on any atom is 0.337 e. The van der Waals surface area contributed by atoms with Crippen LogP contribution in [0.5, 0.6) is 11.5 Å². The van der Waals surface area contributed by atoms with E-state index in [1.807, 2.05) is 16.7 Å². The Morgan fingerprint density at radius 2 is 2.00 bits per heavy atom. The molecular weight excluding hydrogens is 420 g/mol. The Hall–Kier alpha value is -3.43. The van der Waals surface area contributed by atoms with Crippen LogP contribution in [-0.2, 0) is 20.8 Å². The second-order valence-corrected chi connectivity index (χ2v) is 7.61. The number of rotatable bonds is 6. The summed E-state index contributed by atoms with van der Waals surface area (Å²) in [6, 6.07) is 10.7. The zero-order valence-corrected chi connectivity index (χ0v) is 17.8. The Morgan fingerprint density at radius 3 is 2.81 bits per heavy atom. The van der Waals surface area contributed by atoms with Crippen molar-refractivity contribution >= 4 is 39.5 Å². The highest BCUT2D eigenvalue weighted by molar-refractivity contribution is 7.16. The minimum atomic E-state index is -0.417. The summed E-state index contributed by atoms with van der Waals surface area (Å²) < 4.78 is 23.3. The number of fused-ring (bicyclic) bond motifs is 2. The second kappa shape index (κ2) is 9.15. The summed E-state index contributed by atoms with van der Waals surface area (Å²) in [5, 5.41) is 0. The summed E-state index contributed by atoms with van der Waals surface area (Å²) in [5.74, 6) is 0.516. The van der Waals surface area contributed by atoms with Crippen LogP contribution in [0.2, 0.25) is 0 Å². The lowest BCUT2D eigenvalue weighted by molar-refractivity contribution is -0.113. The number of amides is 1. The smallest absolute Gasteiger partial charge is 0.337 e. The van der Waals surface area contributed by atoms with Gasteiger partial charge in [0.1, 0.15) is 0 Å². The van der Waals surface area contributed by atoms with Gasteiger partial charge in [0.15, 0.2) is 16.3 Å². The third kappa shape index (κ3) is 4.52. The van der Waals surface area contributed by atoms with E-state index in [0.29, 0.717) is 35.0 Å². The molecule has 0 saturated heterocycles. The summed E-state index contributed by atoms with van der Waals surface area (Å²) in [5.41, 5.74) is 2.11. The fourth-order valence-corrected chi connectivity index (χ4v) is 4.22. The largest absolute Gasteiger partial charge is 0.465 e. The molecule has 0 aliphatic carbocycles. The average molecular weight is 440 g/mol. The monoisotopic (exact) mass is 440 g/mol. The van der Waals surface area contributed by atoms with Crippen LogP contribution in [0.15, 0.2) is 47.5 Å². The van der Waals surface area contributed by atoms with Crippen LogP contribution in [0, 0.1) is 0 Å². The van der Waals surface area contributed by atoms with Crippen LogP contribution >= 0.6 is 11.3 Å². The van der Waals surface area contributed by atoms with Gasteiger partial charge in [-0.3, -0.25) is 4.79 Å². The van der Waals surface area contributed by atoms with Gasteiger partial charge < -0.3 is 23.5 Å². The van der Waals surface area contributed by atoms with Crippen molar-refractivity contribution in [3.63, 3.8) is 0 Å². The number of carbonyl (C=O) groups is 2. The number of hydrogen-bond donors (Lipinski definition) is 0. The standard InChI is InChI=1S/C22H20N2O6S/c1-27-10-9-24-16-6-5-15(21(26)28-2)12-19(16)31-22(24)23-20(25)8-4-14-3-7-17-18(11-14)30-13-29-17/h3-8,11-12H,9-10,13H2,1-2H3/b8-4-,23-22?. The molecule has 0 fully saturated rings. The maximum absolute atomic E-state index is 12.5. The summed E-state index contributed by atoms with van der Waals surface area (Å²) >= 11 is 1.32. The molecule has 1 aromatic heterocycles. The van der Waals surface area contributed by atoms with Gasteiger partial charge in [0, 0.05) is 19.7 Å². The van der Waals surface area contributed by atoms with E-state index in [-0.39, 0.29) is 6.79 Å². The van der Waals surface area contributed by atoms with E-state index in [1.165, 1.54) is 24.5 Å². The Balaban J connectivity index is 1.65. The van der Waals surface area contributed by atoms with Gasteiger partial charge in [-0.05, 0) is 42.0 Å². The SMILES string of the molecule is COCCn1c(=NC(=O)/C=C\c2ccc3c(c2)OCO3)sc2cc(C(=O)OC)ccc21. The van der Waals surface area contributed by atoms with Crippen LogP contribution in [0.3, 0.4) is 0 Å². The number of hydrogen-bond acceptors (Lipinski definition) is 7. The third-order valence-corrected chi connectivity index (χ3v) is 5.68. The minimum absolute atomic E-state index is 0.196. The van der Waals surface area contributed by atoms with E-state index in [4.69, 9.17) is 18.9 Å². The van der Waals surface area contributed by atoms with Gasteiger partial charge in [0.2, 0.25) is 6.79 Å². The van der Waals surface area contributed by atoms with Crippen LogP contribution in [0.25, 0.3) is 16.3 Å². The van der Waals surface area contributed by atoms with Gasteiger partial charge in [-0.2, -0.15) is 4.99 Å². The number of ether oxygens (including phenoxy) is 4. The van der Waals surface area contributed by atoms with Crippen molar-refractivity contribution in [3.8, 4) is 11.5 Å². The first kappa shape index (κ1) is 20.8. The molecule has 1 aliphatic heterocycles. The molecule has 0 saturated carbocycles. The fourth-order valence-electron chi connectivity index (χ4n) is 3.12. The molecule has 160 valence electrons. The molecule has 0 atom stereocenters. The van der Waals surface area contributed by atoms with Crippen molar-refractivity contribution in [1.82, 2.24) is 4.57 Å². The fraction of sp³-hybridized carbons (Fsp3) is 0.227. The minimum Gasteiger partial charge on any atom is -0.465 e. The number of esters is 1. The van der Waals surface area contributed by atoms with Crippen LogP contribution in [-0.4, -0.2) is 44.1 Å². The summed E-state index contributed by atoms with van der Waals surface area (Å²) in [6.07, 6.45) is 3.08. The number of thiazole rings is 1. The molecule has 8 nitrogen and oxygen atoms in total. The van der Waals surface area contributed by atoms with E-state index >= 15 is 0 Å². The van der Waals surface area contributed by atoms with Crippen molar-refractivity contribution in [2.24, 2.45) is 4.99 Å². The number of nitrogens with zero attached hydrogens (tertiary/aromatic N) is 2. The van der Waals surface area contributed by atoms with Crippen LogP contribution in [0.4, 0.5) is 0 Å². The van der Waals surface area contributed by atoms with Crippen molar-refractivity contribution < 1.29 is 28.5 Å². The Labute approximate surface area is 182 Å². The quantitative estimate of drug-likeness (QED) is 0.433. The molecule has 2 aromatic carbocycles. The van der Waals surface area contributed by atoms with Crippen LogP contribution < -0.4 is 14.3 Å². The topological polar surface area (TPSA) is 88.4 Å². The number of aromatic nitrogens is 1. The summed E-state index contributed by atoms with van der Waals surface area (Å²) in [7, 11) is 2.95. The second-order valence-electron chi connectivity index (χ2n) is 6.60. The highest BCUT2D eigenvalue weighted by Crippen LogP contribution is 2.32. The normalized spacial score (nSPS) is 13.3. The summed E-state index contributed by atoms with van der Waals surface area (Å²) in [4.78, 5) is 29.1. The first-order valence-electron chi connectivity index (χ1n) is 9.46. The summed E-state index contributed by atoms with van der Waals surface area (Å²) in [6.45, 7) is 1.17. The molecular formula is C22H20N2O6S. The highest BCUT2D eigenvalue weighted by atomic mass is 32.1. The average Bonchev–Trinajstić information content (AvgIpc) is 3.38. The molecule has 1 aliphatic rings. The van der Waals surface area contributed by atoms with E-state index in [0.717, 1.165) is 15.8 Å². The molecule has 0 radical (unpaired) electrons. The molecule has 31 heavy (non-hydrogen) atoms. The molecule has 0 spiro atoms. The van der Waals surface area contributed by atoms with Gasteiger partial charge in [-0.15, -0.1) is 0 Å². The lowest BCUT2D eigenvalue weighted by Gasteiger charge is -2.04. The van der Waals surface area contributed by atoms with Crippen molar-refractivity contribution in [2.75, 3.05) is 27.6 Å². The molecule has 0 bridgehead atoms. The number of methoxy groups -OCH3 is 2. The molecule has 4 rings (SSSR count). The molecule has 3 aromatic rings. The van der Waals surface area contributed by atoms with E-state index in [9.17, 15) is 9.59 Å². The van der Waals surface area contributed by atoms with E-state index in [2.05, 4.69) is 4.99 Å². The molecule has 0 N–H and O–H groups in total. The first-order chi connectivity index (χ1) is 15.1. The lowest BCUT2D eigenvalue weighted by atomic mass is 10.2. The molecule has 1 amide bonds. The predicted molar refractivity (Wildman–Crippen MR) is 115 cm³/mol. The van der Waals surface area contributed by atoms with Crippen molar-refractivity contribution in [1.29, 1.82) is 0 Å². The van der Waals surface area contributed by atoms with E-state index < -0.39 is 11.9 Å². The maximum atomic E-state index is 12.5. The number of benzene rings is 2. The van der Waals surface area contributed by atoms with Gasteiger partial charge in [0.05, 0.1) is 29.5 Å². The molecule has 0 unspecified atom stereocenters. The third-order valence-electron chi connectivity index (χ3n) is 4.64. The van der Waals surface area contributed by atoms with Gasteiger partial charge in [0.25, 0.3) is 5.91 Å². The van der Waals surface area contributed by atoms with Crippen LogP contribution in [0.1, 0.15) is 15.9 Å². The van der Waals surface area contributed by atoms with Gasteiger partial charge >= 0.3 is 5.97 Å². The predicted octanol–water partition coefficient (Wildman–Crippen LogP) is 3.01. The first-order valence-corrected chi connectivity index (χ1v) is 10.3. The Kier molecular flexibility index (Phi) is 6.15. The Bertz CT molecular complexity index is 1240. The highest BCUT2D eigenvalue weighted by Gasteiger charge is 2.13. The Morgan fingerprint density at radius 1 is 1.16 bits per heavy atom.